The number of hydrogen-bond donors (Lipinski definition) is 2. The molecular formula is C22H20N6O8S2. The van der Waals surface area contributed by atoms with Crippen molar-refractivity contribution in [2.75, 3.05) is 0 Å². The van der Waals surface area contributed by atoms with E-state index in [0.29, 0.717) is 22.3 Å². The van der Waals surface area contributed by atoms with Crippen LogP contribution < -0.4 is 9.66 Å². The highest BCUT2D eigenvalue weighted by Gasteiger charge is 2.20. The monoisotopic (exact) mass is 560 g/mol. The van der Waals surface area contributed by atoms with Crippen molar-refractivity contribution < 1.29 is 26.7 Å². The minimum atomic E-state index is -4.15. The molecule has 0 saturated carbocycles. The number of nitrogens with one attached hydrogen (secondary N) is 2. The molecule has 0 amide bonds. The average Bonchev–Trinajstić information content (AvgIpc) is 2.84. The van der Waals surface area contributed by atoms with Crippen molar-refractivity contribution in [3.05, 3.63) is 103 Å². The molecule has 0 aliphatic heterocycles. The maximum absolute atomic E-state index is 12.4. The number of sulfonamides is 2. The molecule has 0 heterocycles. The summed E-state index contributed by atoms with van der Waals surface area (Å²) < 4.78 is 49.5. The molecule has 198 valence electrons. The van der Waals surface area contributed by atoms with Gasteiger partial charge in [-0.25, -0.2) is 9.66 Å². The van der Waals surface area contributed by atoms with Crippen LogP contribution in [0.25, 0.3) is 0 Å². The molecule has 3 rings (SSSR count). The van der Waals surface area contributed by atoms with Crippen LogP contribution >= 0.6 is 0 Å². The second-order valence-corrected chi connectivity index (χ2v) is 11.1. The molecule has 0 unspecified atom stereocenters. The Labute approximate surface area is 217 Å². The van der Waals surface area contributed by atoms with Gasteiger partial charge >= 0.3 is 0 Å². The van der Waals surface area contributed by atoms with Crippen molar-refractivity contribution in [1.29, 1.82) is 0 Å². The zero-order valence-corrected chi connectivity index (χ0v) is 21.4. The van der Waals surface area contributed by atoms with Crippen LogP contribution in [-0.2, 0) is 20.0 Å². The Bertz CT molecular complexity index is 1540. The Hall–Kier alpha value is -4.70. The molecule has 0 spiro atoms. The molecule has 3 aromatic rings. The van der Waals surface area contributed by atoms with Gasteiger partial charge in [-0.3, -0.25) is 20.2 Å². The van der Waals surface area contributed by atoms with Crippen LogP contribution in [0.5, 0.6) is 0 Å². The molecule has 0 aromatic heterocycles. The summed E-state index contributed by atoms with van der Waals surface area (Å²) in [4.78, 5) is 24.1. The van der Waals surface area contributed by atoms with Gasteiger partial charge < -0.3 is 0 Å². The highest BCUT2D eigenvalue weighted by molar-refractivity contribution is 7.89. The standard InChI is InChI=1S/C22H20N6O8S2/c1-15-3-9-19(11-21(15)27(29)30)37(33,34)25-23-13-17-5-7-18(8-6-17)14-24-26-38(35,36)20-10-4-16(2)22(12-20)28(31)32/h3-14,25-26H,1-2H3. The largest absolute Gasteiger partial charge is 0.276 e. The van der Waals surface area contributed by atoms with E-state index in [2.05, 4.69) is 10.2 Å². The first kappa shape index (κ1) is 27.9. The SMILES string of the molecule is Cc1ccc(S(=O)(=O)NN=Cc2ccc(C=NNS(=O)(=O)c3ccc(C)c([N+](=O)[O-])c3)cc2)cc1[N+](=O)[O-]. The van der Waals surface area contributed by atoms with Gasteiger partial charge in [0.25, 0.3) is 31.4 Å². The van der Waals surface area contributed by atoms with E-state index >= 15 is 0 Å². The molecular weight excluding hydrogens is 540 g/mol. The minimum Gasteiger partial charge on any atom is -0.258 e. The molecule has 14 nitrogen and oxygen atoms in total. The first-order chi connectivity index (χ1) is 17.8. The molecule has 2 N–H and O–H groups in total. The zero-order valence-electron chi connectivity index (χ0n) is 19.8. The van der Waals surface area contributed by atoms with Gasteiger partial charge in [0.15, 0.2) is 0 Å². The number of nitro groups is 2. The molecule has 0 fully saturated rings. The lowest BCUT2D eigenvalue weighted by Gasteiger charge is -2.05. The third-order valence-electron chi connectivity index (χ3n) is 5.08. The Morgan fingerprint density at radius 1 is 0.658 bits per heavy atom. The lowest BCUT2D eigenvalue weighted by Crippen LogP contribution is -2.18. The van der Waals surface area contributed by atoms with Gasteiger partial charge in [-0.15, -0.1) is 0 Å². The van der Waals surface area contributed by atoms with Gasteiger partial charge in [0, 0.05) is 23.3 Å². The number of hydrogen-bond acceptors (Lipinski definition) is 10. The number of nitrogens with zero attached hydrogens (tertiary/aromatic N) is 4. The first-order valence-electron chi connectivity index (χ1n) is 10.5. The lowest BCUT2D eigenvalue weighted by molar-refractivity contribution is -0.385. The number of benzene rings is 3. The Morgan fingerprint density at radius 2 is 1.00 bits per heavy atom. The number of nitro benzene ring substituents is 2. The van der Waals surface area contributed by atoms with Crippen LogP contribution in [0.3, 0.4) is 0 Å². The number of rotatable bonds is 10. The number of hydrazone groups is 2. The molecule has 16 heteroatoms. The van der Waals surface area contributed by atoms with E-state index in [9.17, 15) is 37.1 Å². The van der Waals surface area contributed by atoms with Crippen LogP contribution in [0.1, 0.15) is 22.3 Å². The predicted molar refractivity (Wildman–Crippen MR) is 138 cm³/mol. The summed E-state index contributed by atoms with van der Waals surface area (Å²) in [5.41, 5.74) is 0.911. The van der Waals surface area contributed by atoms with Gasteiger partial charge in [0.1, 0.15) is 0 Å². The zero-order chi connectivity index (χ0) is 28.1. The van der Waals surface area contributed by atoms with E-state index in [4.69, 9.17) is 0 Å². The van der Waals surface area contributed by atoms with E-state index in [1.807, 2.05) is 9.66 Å². The quantitative estimate of drug-likeness (QED) is 0.214. The summed E-state index contributed by atoms with van der Waals surface area (Å²) in [6.45, 7) is 2.98. The predicted octanol–water partition coefficient (Wildman–Crippen LogP) is 2.74. The molecule has 0 saturated heterocycles. The fourth-order valence-corrected chi connectivity index (χ4v) is 4.64. The van der Waals surface area contributed by atoms with Gasteiger partial charge in [0.05, 0.1) is 32.1 Å². The topological polar surface area (TPSA) is 203 Å². The maximum atomic E-state index is 12.4. The highest BCUT2D eigenvalue weighted by Crippen LogP contribution is 2.23. The van der Waals surface area contributed by atoms with Crippen LogP contribution in [0, 0.1) is 34.1 Å². The van der Waals surface area contributed by atoms with E-state index < -0.39 is 29.9 Å². The molecule has 0 atom stereocenters. The van der Waals surface area contributed by atoms with Crippen molar-refractivity contribution in [1.82, 2.24) is 9.66 Å². The van der Waals surface area contributed by atoms with Crippen LogP contribution in [0.2, 0.25) is 0 Å². The van der Waals surface area contributed by atoms with Crippen molar-refractivity contribution in [2.45, 2.75) is 23.6 Å². The van der Waals surface area contributed by atoms with Crippen molar-refractivity contribution in [3.63, 3.8) is 0 Å². The summed E-state index contributed by atoms with van der Waals surface area (Å²) in [7, 11) is -8.29. The van der Waals surface area contributed by atoms with E-state index in [1.165, 1.54) is 50.5 Å². The minimum absolute atomic E-state index is 0.313. The molecule has 0 aliphatic carbocycles. The Balaban J connectivity index is 1.64. The van der Waals surface area contributed by atoms with Gasteiger partial charge in [0.2, 0.25) is 0 Å². The summed E-state index contributed by atoms with van der Waals surface area (Å²) in [6.07, 6.45) is 2.40. The average molecular weight is 561 g/mol. The summed E-state index contributed by atoms with van der Waals surface area (Å²) in [6, 6.07) is 13.2. The Morgan fingerprint density at radius 3 is 1.32 bits per heavy atom. The van der Waals surface area contributed by atoms with E-state index in [1.54, 1.807) is 24.3 Å². The molecule has 0 bridgehead atoms. The second kappa shape index (κ2) is 11.1. The summed E-state index contributed by atoms with van der Waals surface area (Å²) in [5.74, 6) is 0. The molecule has 0 aliphatic rings. The highest BCUT2D eigenvalue weighted by atomic mass is 32.2. The second-order valence-electron chi connectivity index (χ2n) is 7.78. The van der Waals surface area contributed by atoms with Crippen LogP contribution in [0.15, 0.2) is 80.7 Å². The fraction of sp³-hybridized carbons (Fsp3) is 0.0909. The lowest BCUT2D eigenvalue weighted by atomic mass is 10.2. The summed E-state index contributed by atoms with van der Waals surface area (Å²) in [5, 5.41) is 29.4. The normalized spacial score (nSPS) is 12.1. The third-order valence-corrected chi connectivity index (χ3v) is 7.53. The molecule has 3 aromatic carbocycles. The van der Waals surface area contributed by atoms with Crippen molar-refractivity contribution in [3.8, 4) is 0 Å². The smallest absolute Gasteiger partial charge is 0.258 e. The van der Waals surface area contributed by atoms with Gasteiger partial charge in [-0.1, -0.05) is 36.4 Å². The number of aryl methyl sites for hydroxylation is 2. The summed E-state index contributed by atoms with van der Waals surface area (Å²) >= 11 is 0. The van der Waals surface area contributed by atoms with Crippen molar-refractivity contribution in [2.24, 2.45) is 10.2 Å². The van der Waals surface area contributed by atoms with E-state index in [-0.39, 0.29) is 21.2 Å². The maximum Gasteiger partial charge on any atom is 0.276 e. The van der Waals surface area contributed by atoms with Gasteiger partial charge in [-0.05, 0) is 37.1 Å². The van der Waals surface area contributed by atoms with Crippen molar-refractivity contribution >= 4 is 43.9 Å². The molecule has 0 radical (unpaired) electrons. The van der Waals surface area contributed by atoms with E-state index in [0.717, 1.165) is 12.1 Å². The molecule has 38 heavy (non-hydrogen) atoms. The third kappa shape index (κ3) is 6.74. The van der Waals surface area contributed by atoms with Crippen LogP contribution in [-0.4, -0.2) is 39.1 Å². The Kier molecular flexibility index (Phi) is 8.17. The van der Waals surface area contributed by atoms with Gasteiger partial charge in [-0.2, -0.15) is 27.0 Å². The van der Waals surface area contributed by atoms with Crippen LogP contribution in [0.4, 0.5) is 11.4 Å². The fourth-order valence-electron chi connectivity index (χ4n) is 3.02. The first-order valence-corrected chi connectivity index (χ1v) is 13.5.